The molecule has 0 bridgehead atoms. The Hall–Kier alpha value is -3.22. The first-order valence-corrected chi connectivity index (χ1v) is 8.90. The van der Waals surface area contributed by atoms with Crippen LogP contribution in [0.4, 0.5) is 14.9 Å². The Morgan fingerprint density at radius 3 is 2.56 bits per heavy atom. The van der Waals surface area contributed by atoms with E-state index in [4.69, 9.17) is 0 Å². The van der Waals surface area contributed by atoms with Crippen LogP contribution in [0.15, 0.2) is 59.7 Å². The SMILES string of the molecule is O=C(Nc1ccccc1F)N1CCC(n2cnc3ccccc3c2=O)CC1. The summed E-state index contributed by atoms with van der Waals surface area (Å²) in [7, 11) is 0. The monoisotopic (exact) mass is 366 g/mol. The van der Waals surface area contributed by atoms with Crippen LogP contribution in [-0.4, -0.2) is 33.6 Å². The van der Waals surface area contributed by atoms with E-state index in [1.165, 1.54) is 12.1 Å². The lowest BCUT2D eigenvalue weighted by Gasteiger charge is -2.32. The maximum absolute atomic E-state index is 13.7. The van der Waals surface area contributed by atoms with Crippen molar-refractivity contribution in [3.63, 3.8) is 0 Å². The molecule has 138 valence electrons. The number of halogens is 1. The van der Waals surface area contributed by atoms with Gasteiger partial charge < -0.3 is 10.2 Å². The summed E-state index contributed by atoms with van der Waals surface area (Å²) in [5.41, 5.74) is 0.787. The summed E-state index contributed by atoms with van der Waals surface area (Å²) in [4.78, 5) is 31.1. The smallest absolute Gasteiger partial charge is 0.321 e. The zero-order chi connectivity index (χ0) is 18.8. The number of hydrogen-bond donors (Lipinski definition) is 1. The van der Waals surface area contributed by atoms with Crippen molar-refractivity contribution in [3.05, 3.63) is 71.0 Å². The van der Waals surface area contributed by atoms with E-state index in [1.807, 2.05) is 18.2 Å². The van der Waals surface area contributed by atoms with Crippen molar-refractivity contribution >= 4 is 22.6 Å². The number of benzene rings is 2. The normalized spacial score (nSPS) is 15.1. The van der Waals surface area contributed by atoms with Gasteiger partial charge in [-0.25, -0.2) is 14.2 Å². The fourth-order valence-electron chi connectivity index (χ4n) is 3.45. The molecule has 2 heterocycles. The maximum atomic E-state index is 13.7. The zero-order valence-electron chi connectivity index (χ0n) is 14.6. The standard InChI is InChI=1S/C20H19FN4O2/c21-16-6-2-4-8-18(16)23-20(27)24-11-9-14(10-12-24)25-13-22-17-7-3-1-5-15(17)19(25)26/h1-8,13-14H,9-12H2,(H,23,27). The molecule has 0 spiro atoms. The minimum Gasteiger partial charge on any atom is -0.324 e. The first kappa shape index (κ1) is 17.2. The topological polar surface area (TPSA) is 67.2 Å². The summed E-state index contributed by atoms with van der Waals surface area (Å²) in [5.74, 6) is -0.463. The van der Waals surface area contributed by atoms with Crippen LogP contribution in [0.5, 0.6) is 0 Å². The summed E-state index contributed by atoms with van der Waals surface area (Å²) in [6.45, 7) is 0.981. The Labute approximate surface area is 155 Å². The van der Waals surface area contributed by atoms with Gasteiger partial charge in [0.25, 0.3) is 5.56 Å². The number of carbonyl (C=O) groups is 1. The largest absolute Gasteiger partial charge is 0.324 e. The van der Waals surface area contributed by atoms with Crippen molar-refractivity contribution in [1.82, 2.24) is 14.5 Å². The highest BCUT2D eigenvalue weighted by Crippen LogP contribution is 2.22. The number of urea groups is 1. The number of carbonyl (C=O) groups excluding carboxylic acids is 1. The molecular formula is C20H19FN4O2. The molecule has 0 radical (unpaired) electrons. The van der Waals surface area contributed by atoms with Crippen LogP contribution in [0, 0.1) is 5.82 Å². The van der Waals surface area contributed by atoms with Crippen LogP contribution in [0.1, 0.15) is 18.9 Å². The number of anilines is 1. The fraction of sp³-hybridized carbons (Fsp3) is 0.250. The van der Waals surface area contributed by atoms with Crippen molar-refractivity contribution in [2.75, 3.05) is 18.4 Å². The van der Waals surface area contributed by atoms with Crippen molar-refractivity contribution < 1.29 is 9.18 Å². The molecule has 0 atom stereocenters. The lowest BCUT2D eigenvalue weighted by atomic mass is 10.0. The number of rotatable bonds is 2. The van der Waals surface area contributed by atoms with E-state index in [0.717, 1.165) is 0 Å². The average Bonchev–Trinajstić information content (AvgIpc) is 2.70. The van der Waals surface area contributed by atoms with Gasteiger partial charge in [-0.15, -0.1) is 0 Å². The molecule has 0 unspecified atom stereocenters. The Balaban J connectivity index is 1.45. The quantitative estimate of drug-likeness (QED) is 0.756. The van der Waals surface area contributed by atoms with Gasteiger partial charge in [0.15, 0.2) is 0 Å². The van der Waals surface area contributed by atoms with Crippen molar-refractivity contribution in [1.29, 1.82) is 0 Å². The van der Waals surface area contributed by atoms with Gasteiger partial charge in [-0.1, -0.05) is 24.3 Å². The second kappa shape index (κ2) is 7.19. The van der Waals surface area contributed by atoms with Gasteiger partial charge >= 0.3 is 6.03 Å². The van der Waals surface area contributed by atoms with E-state index in [0.29, 0.717) is 36.8 Å². The molecule has 2 aromatic carbocycles. The van der Waals surface area contributed by atoms with Gasteiger partial charge in [0.1, 0.15) is 5.82 Å². The number of likely N-dealkylation sites (tertiary alicyclic amines) is 1. The van der Waals surface area contributed by atoms with Gasteiger partial charge in [0.2, 0.25) is 0 Å². The fourth-order valence-corrected chi connectivity index (χ4v) is 3.45. The molecule has 3 aromatic rings. The molecule has 1 N–H and O–H groups in total. The maximum Gasteiger partial charge on any atom is 0.321 e. The average molecular weight is 366 g/mol. The Morgan fingerprint density at radius 1 is 1.07 bits per heavy atom. The zero-order valence-corrected chi connectivity index (χ0v) is 14.6. The Kier molecular flexibility index (Phi) is 4.58. The predicted octanol–water partition coefficient (Wildman–Crippen LogP) is 3.40. The van der Waals surface area contributed by atoms with Crippen LogP contribution in [0.3, 0.4) is 0 Å². The van der Waals surface area contributed by atoms with E-state index in [2.05, 4.69) is 10.3 Å². The van der Waals surface area contributed by atoms with Gasteiger partial charge in [0.05, 0.1) is 22.9 Å². The molecule has 1 aliphatic heterocycles. The van der Waals surface area contributed by atoms with Crippen molar-refractivity contribution in [3.8, 4) is 0 Å². The molecule has 1 aliphatic rings. The predicted molar refractivity (Wildman–Crippen MR) is 101 cm³/mol. The van der Waals surface area contributed by atoms with Crippen LogP contribution < -0.4 is 10.9 Å². The van der Waals surface area contributed by atoms with E-state index >= 15 is 0 Å². The lowest BCUT2D eigenvalue weighted by Crippen LogP contribution is -2.43. The molecule has 1 fully saturated rings. The van der Waals surface area contributed by atoms with Gasteiger partial charge in [-0.2, -0.15) is 0 Å². The molecule has 7 heteroatoms. The highest BCUT2D eigenvalue weighted by Gasteiger charge is 2.25. The van der Waals surface area contributed by atoms with E-state index < -0.39 is 5.82 Å². The Morgan fingerprint density at radius 2 is 1.78 bits per heavy atom. The lowest BCUT2D eigenvalue weighted by molar-refractivity contribution is 0.182. The molecule has 1 saturated heterocycles. The summed E-state index contributed by atoms with van der Waals surface area (Å²) >= 11 is 0. The highest BCUT2D eigenvalue weighted by atomic mass is 19.1. The molecule has 4 rings (SSSR count). The second-order valence-electron chi connectivity index (χ2n) is 6.60. The van der Waals surface area contributed by atoms with Crippen molar-refractivity contribution in [2.24, 2.45) is 0 Å². The molecule has 27 heavy (non-hydrogen) atoms. The summed E-state index contributed by atoms with van der Waals surface area (Å²) < 4.78 is 15.4. The number of aromatic nitrogens is 2. The Bertz CT molecular complexity index is 1040. The number of hydrogen-bond acceptors (Lipinski definition) is 3. The van der Waals surface area contributed by atoms with Gasteiger partial charge in [-0.05, 0) is 37.1 Å². The van der Waals surface area contributed by atoms with Crippen LogP contribution in [-0.2, 0) is 0 Å². The number of amides is 2. The third-order valence-electron chi connectivity index (χ3n) is 4.95. The number of nitrogens with one attached hydrogen (secondary N) is 1. The minimum absolute atomic E-state index is 0.00730. The minimum atomic E-state index is -0.463. The number of para-hydroxylation sites is 2. The first-order valence-electron chi connectivity index (χ1n) is 8.90. The van der Waals surface area contributed by atoms with Crippen LogP contribution in [0.2, 0.25) is 0 Å². The van der Waals surface area contributed by atoms with Crippen LogP contribution >= 0.6 is 0 Å². The van der Waals surface area contributed by atoms with E-state index in [-0.39, 0.29) is 23.3 Å². The molecular weight excluding hydrogens is 347 g/mol. The third-order valence-corrected chi connectivity index (χ3v) is 4.95. The second-order valence-corrected chi connectivity index (χ2v) is 6.60. The molecule has 0 aliphatic carbocycles. The van der Waals surface area contributed by atoms with Gasteiger partial charge in [-0.3, -0.25) is 9.36 Å². The number of fused-ring (bicyclic) bond motifs is 1. The number of nitrogens with zero attached hydrogens (tertiary/aromatic N) is 3. The van der Waals surface area contributed by atoms with E-state index in [9.17, 15) is 14.0 Å². The third kappa shape index (κ3) is 3.40. The van der Waals surface area contributed by atoms with Crippen LogP contribution in [0.25, 0.3) is 10.9 Å². The molecule has 6 nitrogen and oxygen atoms in total. The van der Waals surface area contributed by atoms with Gasteiger partial charge in [0, 0.05) is 19.1 Å². The van der Waals surface area contributed by atoms with E-state index in [1.54, 1.807) is 34.0 Å². The summed E-state index contributed by atoms with van der Waals surface area (Å²) in [5, 5.41) is 3.20. The van der Waals surface area contributed by atoms with Crippen molar-refractivity contribution in [2.45, 2.75) is 18.9 Å². The number of piperidine rings is 1. The highest BCUT2D eigenvalue weighted by molar-refractivity contribution is 5.89. The summed E-state index contributed by atoms with van der Waals surface area (Å²) in [6.07, 6.45) is 2.87. The first-order chi connectivity index (χ1) is 13.1. The summed E-state index contributed by atoms with van der Waals surface area (Å²) in [6, 6.07) is 13.0. The molecule has 2 amide bonds. The molecule has 1 aromatic heterocycles. The molecule has 0 saturated carbocycles.